The van der Waals surface area contributed by atoms with E-state index < -0.39 is 0 Å². The van der Waals surface area contributed by atoms with Gasteiger partial charge in [-0.15, -0.1) is 11.3 Å². The first-order valence-corrected chi connectivity index (χ1v) is 9.57. The lowest BCUT2D eigenvalue weighted by molar-refractivity contribution is 0.0534. The topological polar surface area (TPSA) is 54.9 Å². The number of piperazine rings is 1. The van der Waals surface area contributed by atoms with Gasteiger partial charge in [0.15, 0.2) is 5.13 Å². The normalized spacial score (nSPS) is 20.4. The summed E-state index contributed by atoms with van der Waals surface area (Å²) >= 11 is 1.49. The molecule has 2 aliphatic heterocycles. The molecule has 2 fully saturated rings. The fourth-order valence-corrected chi connectivity index (χ4v) is 3.98. The minimum absolute atomic E-state index is 0.122. The van der Waals surface area contributed by atoms with Crippen LogP contribution in [-0.4, -0.2) is 61.5 Å². The predicted octanol–water partition coefficient (Wildman–Crippen LogP) is 3.00. The van der Waals surface area contributed by atoms with Crippen LogP contribution in [0.5, 0.6) is 0 Å². The van der Waals surface area contributed by atoms with Gasteiger partial charge >= 0.3 is 6.09 Å². The Kier molecular flexibility index (Phi) is 5.03. The van der Waals surface area contributed by atoms with Crippen molar-refractivity contribution in [2.75, 3.05) is 44.3 Å². The fourth-order valence-electron chi connectivity index (χ4n) is 3.11. The largest absolute Gasteiger partial charge is 0.444 e. The van der Waals surface area contributed by atoms with Crippen LogP contribution in [0.25, 0.3) is 11.3 Å². The smallest absolute Gasteiger partial charge is 0.410 e. The zero-order valence-corrected chi connectivity index (χ0v) is 15.1. The number of amides is 1. The third-order valence-corrected chi connectivity index (χ3v) is 5.51. The molecule has 2 aliphatic rings. The molecule has 26 heavy (non-hydrogen) atoms. The number of halogens is 1. The van der Waals surface area contributed by atoms with Crippen molar-refractivity contribution < 1.29 is 18.7 Å². The molecule has 1 aromatic heterocycles. The van der Waals surface area contributed by atoms with Crippen LogP contribution in [0.15, 0.2) is 29.6 Å². The van der Waals surface area contributed by atoms with Crippen LogP contribution < -0.4 is 4.90 Å². The van der Waals surface area contributed by atoms with Gasteiger partial charge in [-0.1, -0.05) is 12.1 Å². The molecular formula is C18H20FN3O3S. The molecule has 8 heteroatoms. The molecule has 0 spiro atoms. The number of nitrogens with zero attached hydrogens (tertiary/aromatic N) is 3. The Hall–Kier alpha value is -2.19. The molecule has 1 amide bonds. The van der Waals surface area contributed by atoms with Crippen LogP contribution in [0.4, 0.5) is 14.3 Å². The van der Waals surface area contributed by atoms with Crippen molar-refractivity contribution >= 4 is 22.6 Å². The third-order valence-electron chi connectivity index (χ3n) is 4.61. The highest BCUT2D eigenvalue weighted by Crippen LogP contribution is 2.29. The van der Waals surface area contributed by atoms with Crippen LogP contribution >= 0.6 is 11.3 Å². The molecule has 3 heterocycles. The van der Waals surface area contributed by atoms with E-state index in [1.807, 2.05) is 5.38 Å². The minimum atomic E-state index is -0.272. The van der Waals surface area contributed by atoms with E-state index >= 15 is 0 Å². The van der Waals surface area contributed by atoms with Crippen molar-refractivity contribution in [3.05, 3.63) is 35.5 Å². The summed E-state index contributed by atoms with van der Waals surface area (Å²) in [7, 11) is 0. The Morgan fingerprint density at radius 1 is 1.27 bits per heavy atom. The molecule has 4 rings (SSSR count). The van der Waals surface area contributed by atoms with E-state index in [-0.39, 0.29) is 18.0 Å². The van der Waals surface area contributed by atoms with Gasteiger partial charge in [0, 0.05) is 43.5 Å². The number of hydrogen-bond acceptors (Lipinski definition) is 6. The predicted molar refractivity (Wildman–Crippen MR) is 97.0 cm³/mol. The lowest BCUT2D eigenvalue weighted by Gasteiger charge is -2.34. The van der Waals surface area contributed by atoms with Gasteiger partial charge in [-0.3, -0.25) is 0 Å². The minimum Gasteiger partial charge on any atom is -0.444 e. The molecule has 0 N–H and O–H groups in total. The molecule has 1 atom stereocenters. The van der Waals surface area contributed by atoms with Crippen LogP contribution in [0.3, 0.4) is 0 Å². The number of thiazole rings is 1. The van der Waals surface area contributed by atoms with E-state index in [9.17, 15) is 9.18 Å². The standard InChI is InChI=1S/C18H20FN3O3S/c19-15-4-2-1-3-14(15)16-12-26-17(20-16)21-6-8-22(9-7-21)18(23)25-13-5-10-24-11-13/h1-4,12-13H,5-11H2. The van der Waals surface area contributed by atoms with Gasteiger partial charge in [-0.05, 0) is 12.1 Å². The summed E-state index contributed by atoms with van der Waals surface area (Å²) in [6.45, 7) is 3.67. The molecule has 1 aromatic carbocycles. The van der Waals surface area contributed by atoms with E-state index in [4.69, 9.17) is 9.47 Å². The van der Waals surface area contributed by atoms with E-state index in [2.05, 4.69) is 9.88 Å². The van der Waals surface area contributed by atoms with Crippen molar-refractivity contribution in [1.82, 2.24) is 9.88 Å². The maximum atomic E-state index is 13.9. The quantitative estimate of drug-likeness (QED) is 0.823. The number of carbonyl (C=O) groups excluding carboxylic acids is 1. The van der Waals surface area contributed by atoms with Crippen molar-refractivity contribution in [3.8, 4) is 11.3 Å². The van der Waals surface area contributed by atoms with Crippen molar-refractivity contribution in [1.29, 1.82) is 0 Å². The Morgan fingerprint density at radius 3 is 2.81 bits per heavy atom. The monoisotopic (exact) mass is 377 g/mol. The second-order valence-electron chi connectivity index (χ2n) is 6.34. The molecule has 0 bridgehead atoms. The number of benzene rings is 1. The SMILES string of the molecule is O=C(OC1CCOC1)N1CCN(c2nc(-c3ccccc3F)cs2)CC1. The Balaban J connectivity index is 1.35. The summed E-state index contributed by atoms with van der Waals surface area (Å²) in [6, 6.07) is 6.64. The van der Waals surface area contributed by atoms with Gasteiger partial charge < -0.3 is 19.3 Å². The number of carbonyl (C=O) groups is 1. The average Bonchev–Trinajstić information content (AvgIpc) is 3.34. The Bertz CT molecular complexity index is 771. The van der Waals surface area contributed by atoms with Gasteiger partial charge in [0.2, 0.25) is 0 Å². The second kappa shape index (κ2) is 7.59. The van der Waals surface area contributed by atoms with Crippen LogP contribution in [0.2, 0.25) is 0 Å². The van der Waals surface area contributed by atoms with E-state index in [1.165, 1.54) is 17.4 Å². The number of hydrogen-bond donors (Lipinski definition) is 0. The van der Waals surface area contributed by atoms with Crippen molar-refractivity contribution in [2.24, 2.45) is 0 Å². The zero-order chi connectivity index (χ0) is 17.9. The molecule has 2 aromatic rings. The van der Waals surface area contributed by atoms with Crippen LogP contribution in [0.1, 0.15) is 6.42 Å². The van der Waals surface area contributed by atoms with Gasteiger partial charge in [0.1, 0.15) is 11.9 Å². The highest BCUT2D eigenvalue weighted by atomic mass is 32.1. The van der Waals surface area contributed by atoms with Gasteiger partial charge in [-0.25, -0.2) is 14.2 Å². The van der Waals surface area contributed by atoms with Crippen LogP contribution in [0, 0.1) is 5.82 Å². The molecule has 0 saturated carbocycles. The average molecular weight is 377 g/mol. The Labute approximate surface area is 155 Å². The van der Waals surface area contributed by atoms with Gasteiger partial charge in [0.05, 0.1) is 18.9 Å². The number of rotatable bonds is 3. The van der Waals surface area contributed by atoms with Crippen LogP contribution in [-0.2, 0) is 9.47 Å². The van der Waals surface area contributed by atoms with Gasteiger partial charge in [0.25, 0.3) is 0 Å². The third kappa shape index (κ3) is 3.66. The summed E-state index contributed by atoms with van der Waals surface area (Å²) < 4.78 is 24.6. The number of aromatic nitrogens is 1. The summed E-state index contributed by atoms with van der Waals surface area (Å²) in [5.74, 6) is -0.271. The number of ether oxygens (including phenoxy) is 2. The molecule has 1 unspecified atom stereocenters. The fraction of sp³-hybridized carbons (Fsp3) is 0.444. The maximum Gasteiger partial charge on any atom is 0.410 e. The molecule has 138 valence electrons. The van der Waals surface area contributed by atoms with Crippen molar-refractivity contribution in [3.63, 3.8) is 0 Å². The van der Waals surface area contributed by atoms with E-state index in [1.54, 1.807) is 23.1 Å². The highest BCUT2D eigenvalue weighted by Gasteiger charge is 2.27. The zero-order valence-electron chi connectivity index (χ0n) is 14.3. The second-order valence-corrected chi connectivity index (χ2v) is 7.18. The van der Waals surface area contributed by atoms with E-state index in [0.717, 1.165) is 11.6 Å². The van der Waals surface area contributed by atoms with E-state index in [0.29, 0.717) is 50.7 Å². The highest BCUT2D eigenvalue weighted by molar-refractivity contribution is 7.14. The summed E-state index contributed by atoms with van der Waals surface area (Å²) in [5, 5.41) is 2.72. The molecule has 0 aliphatic carbocycles. The summed E-state index contributed by atoms with van der Waals surface area (Å²) in [6.07, 6.45) is 0.373. The first-order valence-electron chi connectivity index (χ1n) is 8.69. The summed E-state index contributed by atoms with van der Waals surface area (Å²) in [4.78, 5) is 20.6. The van der Waals surface area contributed by atoms with Crippen molar-refractivity contribution in [2.45, 2.75) is 12.5 Å². The molecule has 0 radical (unpaired) electrons. The molecule has 2 saturated heterocycles. The lowest BCUT2D eigenvalue weighted by Crippen LogP contribution is -2.49. The Morgan fingerprint density at radius 2 is 2.08 bits per heavy atom. The maximum absolute atomic E-state index is 13.9. The van der Waals surface area contributed by atoms with Gasteiger partial charge in [-0.2, -0.15) is 0 Å². The lowest BCUT2D eigenvalue weighted by atomic mass is 10.2. The molecule has 6 nitrogen and oxygen atoms in total. The first kappa shape index (κ1) is 17.2. The molecular weight excluding hydrogens is 357 g/mol. The summed E-state index contributed by atoms with van der Waals surface area (Å²) in [5.41, 5.74) is 1.15. The number of anilines is 1. The first-order chi connectivity index (χ1) is 12.7.